The van der Waals surface area contributed by atoms with Gasteiger partial charge >= 0.3 is 5.69 Å². The highest BCUT2D eigenvalue weighted by Crippen LogP contribution is 2.33. The molecule has 0 atom stereocenters. The number of aryl methyl sites for hydroxylation is 2. The van der Waals surface area contributed by atoms with Crippen molar-refractivity contribution < 1.29 is 0 Å². The van der Waals surface area contributed by atoms with E-state index in [2.05, 4.69) is 4.98 Å². The van der Waals surface area contributed by atoms with E-state index in [9.17, 15) is 4.79 Å². The number of hydrogen-bond acceptors (Lipinski definition) is 3. The summed E-state index contributed by atoms with van der Waals surface area (Å²) in [7, 11) is 0. The number of nitrogens with zero attached hydrogens (tertiary/aromatic N) is 3. The second-order valence-corrected chi connectivity index (χ2v) is 6.45. The summed E-state index contributed by atoms with van der Waals surface area (Å²) >= 11 is 7.41. The maximum Gasteiger partial charge on any atom is 0.328 e. The minimum Gasteiger partial charge on any atom is -0.299 e. The van der Waals surface area contributed by atoms with Gasteiger partial charge in [0.15, 0.2) is 0 Å². The Morgan fingerprint density at radius 1 is 1.35 bits per heavy atom. The number of hydrogen-bond donors (Lipinski definition) is 0. The zero-order valence-electron chi connectivity index (χ0n) is 11.3. The van der Waals surface area contributed by atoms with Crippen LogP contribution in [-0.4, -0.2) is 14.1 Å². The molecule has 0 aromatic carbocycles. The molecule has 1 fully saturated rings. The number of alkyl halides is 1. The minimum atomic E-state index is 0.145. The van der Waals surface area contributed by atoms with Crippen LogP contribution in [0.1, 0.15) is 42.4 Å². The molecule has 2 heterocycles. The molecule has 2 aromatic rings. The Kier molecular flexibility index (Phi) is 4.27. The summed E-state index contributed by atoms with van der Waals surface area (Å²) < 4.78 is 3.69. The minimum absolute atomic E-state index is 0.145. The second kappa shape index (κ2) is 6.14. The van der Waals surface area contributed by atoms with Crippen LogP contribution in [0.3, 0.4) is 0 Å². The van der Waals surface area contributed by atoms with Crippen molar-refractivity contribution in [3.63, 3.8) is 0 Å². The predicted octanol–water partition coefficient (Wildman–Crippen LogP) is 3.20. The lowest BCUT2D eigenvalue weighted by Crippen LogP contribution is -2.23. The third-order valence-electron chi connectivity index (χ3n) is 3.59. The fourth-order valence-electron chi connectivity index (χ4n) is 2.31. The van der Waals surface area contributed by atoms with Gasteiger partial charge in [-0.25, -0.2) is 9.78 Å². The Labute approximate surface area is 127 Å². The van der Waals surface area contributed by atoms with Gasteiger partial charge in [0.05, 0.1) is 16.6 Å². The van der Waals surface area contributed by atoms with Crippen LogP contribution < -0.4 is 5.69 Å². The highest BCUT2D eigenvalue weighted by atomic mass is 35.5. The van der Waals surface area contributed by atoms with Crippen LogP contribution in [0.2, 0.25) is 0 Å². The Bertz CT molecular complexity index is 626. The fraction of sp³-hybridized carbons (Fsp3) is 0.571. The quantitative estimate of drug-likeness (QED) is 0.582. The van der Waals surface area contributed by atoms with Gasteiger partial charge in [-0.2, -0.15) is 0 Å². The van der Waals surface area contributed by atoms with Gasteiger partial charge in [-0.05, 0) is 32.1 Å². The molecule has 0 N–H and O–H groups in total. The van der Waals surface area contributed by atoms with E-state index in [1.54, 1.807) is 11.3 Å². The standard InChI is InChI=1S/C14H18ClN3OS/c15-9-11-10-20-13(16-11)3-1-2-6-17-7-8-18(14(17)19)12-4-5-12/h7-8,10,12H,1-6,9H2. The summed E-state index contributed by atoms with van der Waals surface area (Å²) in [6.45, 7) is 0.798. The van der Waals surface area contributed by atoms with E-state index in [0.29, 0.717) is 11.9 Å². The third-order valence-corrected chi connectivity index (χ3v) is 4.82. The molecule has 0 aliphatic heterocycles. The van der Waals surface area contributed by atoms with Crippen LogP contribution in [0, 0.1) is 0 Å². The average molecular weight is 312 g/mol. The van der Waals surface area contributed by atoms with Crippen LogP contribution in [0.15, 0.2) is 22.6 Å². The van der Waals surface area contributed by atoms with Gasteiger partial charge in [-0.1, -0.05) is 0 Å². The molecular weight excluding hydrogens is 294 g/mol. The molecule has 3 rings (SSSR count). The molecule has 0 bridgehead atoms. The lowest BCUT2D eigenvalue weighted by molar-refractivity contribution is 0.572. The molecule has 4 nitrogen and oxygen atoms in total. The zero-order chi connectivity index (χ0) is 13.9. The van der Waals surface area contributed by atoms with Crippen molar-refractivity contribution in [2.24, 2.45) is 0 Å². The monoisotopic (exact) mass is 311 g/mol. The van der Waals surface area contributed by atoms with Gasteiger partial charge in [0.25, 0.3) is 0 Å². The number of unbranched alkanes of at least 4 members (excludes halogenated alkanes) is 1. The van der Waals surface area contributed by atoms with Gasteiger partial charge in [0.2, 0.25) is 0 Å². The summed E-state index contributed by atoms with van der Waals surface area (Å²) in [6.07, 6.45) is 9.16. The van der Waals surface area contributed by atoms with Crippen molar-refractivity contribution in [1.82, 2.24) is 14.1 Å². The number of thiazole rings is 1. The Hall–Kier alpha value is -1.07. The van der Waals surface area contributed by atoms with Gasteiger partial charge in [0, 0.05) is 30.4 Å². The maximum absolute atomic E-state index is 12.1. The SMILES string of the molecule is O=c1n(CCCCc2nc(CCl)cs2)ccn1C1CC1. The third kappa shape index (κ3) is 3.15. The molecule has 0 amide bonds. The normalized spacial score (nSPS) is 14.8. The number of rotatable bonds is 7. The summed E-state index contributed by atoms with van der Waals surface area (Å²) in [5.41, 5.74) is 1.11. The van der Waals surface area contributed by atoms with E-state index in [1.807, 2.05) is 26.9 Å². The van der Waals surface area contributed by atoms with E-state index >= 15 is 0 Å². The highest BCUT2D eigenvalue weighted by Gasteiger charge is 2.25. The van der Waals surface area contributed by atoms with Crippen LogP contribution in [0.4, 0.5) is 0 Å². The van der Waals surface area contributed by atoms with E-state index in [0.717, 1.165) is 49.4 Å². The van der Waals surface area contributed by atoms with Crippen LogP contribution in [-0.2, 0) is 18.8 Å². The summed E-state index contributed by atoms with van der Waals surface area (Å²) in [5, 5.41) is 3.16. The van der Waals surface area contributed by atoms with Crippen LogP contribution in [0.5, 0.6) is 0 Å². The van der Waals surface area contributed by atoms with Gasteiger partial charge in [-0.15, -0.1) is 22.9 Å². The van der Waals surface area contributed by atoms with Gasteiger partial charge < -0.3 is 0 Å². The molecule has 1 aliphatic carbocycles. The van der Waals surface area contributed by atoms with Crippen molar-refractivity contribution in [2.45, 2.75) is 50.6 Å². The maximum atomic E-state index is 12.1. The molecule has 0 unspecified atom stereocenters. The zero-order valence-corrected chi connectivity index (χ0v) is 12.9. The van der Waals surface area contributed by atoms with Crippen molar-refractivity contribution in [3.05, 3.63) is 39.0 Å². The van der Waals surface area contributed by atoms with Crippen molar-refractivity contribution >= 4 is 22.9 Å². The topological polar surface area (TPSA) is 39.8 Å². The Morgan fingerprint density at radius 3 is 2.90 bits per heavy atom. The van der Waals surface area contributed by atoms with Crippen molar-refractivity contribution in [2.75, 3.05) is 0 Å². The average Bonchev–Trinajstić information content (AvgIpc) is 3.08. The molecule has 20 heavy (non-hydrogen) atoms. The smallest absolute Gasteiger partial charge is 0.299 e. The molecule has 1 saturated carbocycles. The summed E-state index contributed by atoms with van der Waals surface area (Å²) in [4.78, 5) is 16.5. The molecule has 0 saturated heterocycles. The van der Waals surface area contributed by atoms with E-state index in [-0.39, 0.29) is 5.69 Å². The van der Waals surface area contributed by atoms with Gasteiger partial charge in [0.1, 0.15) is 0 Å². The second-order valence-electron chi connectivity index (χ2n) is 5.24. The molecular formula is C14H18ClN3OS. The summed E-state index contributed by atoms with van der Waals surface area (Å²) in [5.74, 6) is 0.487. The van der Waals surface area contributed by atoms with E-state index in [1.165, 1.54) is 0 Å². The Morgan fingerprint density at radius 2 is 2.20 bits per heavy atom. The lowest BCUT2D eigenvalue weighted by atomic mass is 10.2. The van der Waals surface area contributed by atoms with Crippen molar-refractivity contribution in [3.8, 4) is 0 Å². The first-order valence-corrected chi connectivity index (χ1v) is 8.46. The molecule has 6 heteroatoms. The van der Waals surface area contributed by atoms with Crippen LogP contribution in [0.25, 0.3) is 0 Å². The van der Waals surface area contributed by atoms with Crippen LogP contribution >= 0.6 is 22.9 Å². The highest BCUT2D eigenvalue weighted by molar-refractivity contribution is 7.09. The first-order valence-electron chi connectivity index (χ1n) is 7.04. The van der Waals surface area contributed by atoms with E-state index < -0.39 is 0 Å². The predicted molar refractivity (Wildman–Crippen MR) is 81.6 cm³/mol. The molecule has 0 radical (unpaired) electrons. The van der Waals surface area contributed by atoms with Gasteiger partial charge in [-0.3, -0.25) is 9.13 Å². The number of imidazole rings is 1. The largest absolute Gasteiger partial charge is 0.328 e. The van der Waals surface area contributed by atoms with Crippen molar-refractivity contribution in [1.29, 1.82) is 0 Å². The van der Waals surface area contributed by atoms with E-state index in [4.69, 9.17) is 11.6 Å². The molecule has 108 valence electrons. The molecule has 2 aromatic heterocycles. The fourth-order valence-corrected chi connectivity index (χ4v) is 3.38. The first kappa shape index (κ1) is 13.9. The number of halogens is 1. The Balaban J connectivity index is 1.46. The number of aromatic nitrogens is 3. The first-order chi connectivity index (χ1) is 9.78. The lowest BCUT2D eigenvalue weighted by Gasteiger charge is -2.01. The molecule has 0 spiro atoms. The summed E-state index contributed by atoms with van der Waals surface area (Å²) in [6, 6.07) is 0.466. The molecule has 1 aliphatic rings.